The number of aromatic nitrogens is 1. The van der Waals surface area contributed by atoms with Crippen molar-refractivity contribution in [2.24, 2.45) is 11.0 Å². The molecule has 2 aromatic carbocycles. The van der Waals surface area contributed by atoms with Crippen LogP contribution in [0.25, 0.3) is 11.3 Å². The first kappa shape index (κ1) is 26.2. The fourth-order valence-corrected chi connectivity index (χ4v) is 5.07. The predicted molar refractivity (Wildman–Crippen MR) is 144 cm³/mol. The molecule has 0 fully saturated rings. The molecule has 1 N–H and O–H groups in total. The van der Waals surface area contributed by atoms with Crippen LogP contribution in [-0.4, -0.2) is 36.1 Å². The molecule has 34 heavy (non-hydrogen) atoms. The Hall–Kier alpha value is -2.36. The van der Waals surface area contributed by atoms with Gasteiger partial charge in [0.05, 0.1) is 35.3 Å². The largest absolute Gasteiger partial charge is 0.490 e. The third-order valence-electron chi connectivity index (χ3n) is 4.56. The van der Waals surface area contributed by atoms with Crippen molar-refractivity contribution >= 4 is 51.2 Å². The molecule has 0 unspecified atom stereocenters. The van der Waals surface area contributed by atoms with Gasteiger partial charge in [0.2, 0.25) is 0 Å². The molecule has 6 nitrogen and oxygen atoms in total. The Labute approximate surface area is 217 Å². The summed E-state index contributed by atoms with van der Waals surface area (Å²) in [4.78, 5) is 16.8. The first-order valence-corrected chi connectivity index (χ1v) is 13.7. The Morgan fingerprint density at radius 1 is 1.26 bits per heavy atom. The minimum Gasteiger partial charge on any atom is -0.490 e. The van der Waals surface area contributed by atoms with Crippen molar-refractivity contribution in [3.8, 4) is 22.8 Å². The van der Waals surface area contributed by atoms with E-state index in [0.717, 1.165) is 32.1 Å². The highest BCUT2D eigenvalue weighted by atomic mass is 79.9. The number of benzene rings is 2. The molecule has 0 atom stereocenters. The molecule has 0 aliphatic rings. The number of rotatable bonds is 12. The molecular formula is C25H28BrN3O3S2. The van der Waals surface area contributed by atoms with E-state index < -0.39 is 0 Å². The lowest BCUT2D eigenvalue weighted by molar-refractivity contribution is -0.118. The summed E-state index contributed by atoms with van der Waals surface area (Å²) in [5, 5.41) is 6.09. The summed E-state index contributed by atoms with van der Waals surface area (Å²) in [5.41, 5.74) is 5.33. The van der Waals surface area contributed by atoms with Crippen LogP contribution in [0.15, 0.2) is 61.8 Å². The van der Waals surface area contributed by atoms with Gasteiger partial charge in [-0.3, -0.25) is 4.79 Å². The topological polar surface area (TPSA) is 72.8 Å². The lowest BCUT2D eigenvalue weighted by atomic mass is 10.1. The van der Waals surface area contributed by atoms with Crippen LogP contribution in [0.5, 0.6) is 11.5 Å². The minimum absolute atomic E-state index is 0.199. The fraction of sp³-hybridized carbons (Fsp3) is 0.320. The first-order valence-electron chi connectivity index (χ1n) is 11.0. The molecule has 3 rings (SSSR count). The van der Waals surface area contributed by atoms with E-state index in [4.69, 9.17) is 9.47 Å². The molecule has 180 valence electrons. The van der Waals surface area contributed by atoms with Crippen LogP contribution in [0.2, 0.25) is 0 Å². The summed E-state index contributed by atoms with van der Waals surface area (Å²) in [6.07, 6.45) is 2.55. The van der Waals surface area contributed by atoms with E-state index in [1.54, 1.807) is 6.21 Å². The number of nitrogens with zero attached hydrogens (tertiary/aromatic N) is 2. The highest BCUT2D eigenvalue weighted by molar-refractivity contribution is 9.10. The van der Waals surface area contributed by atoms with Crippen molar-refractivity contribution in [2.75, 3.05) is 19.0 Å². The van der Waals surface area contributed by atoms with Crippen LogP contribution >= 0.6 is 39.0 Å². The summed E-state index contributed by atoms with van der Waals surface area (Å²) >= 11 is 6.48. The van der Waals surface area contributed by atoms with Crippen LogP contribution in [-0.2, 0) is 4.79 Å². The smallest absolute Gasteiger partial charge is 0.250 e. The molecule has 0 bridgehead atoms. The Kier molecular flexibility index (Phi) is 10.4. The molecule has 0 spiro atoms. The minimum atomic E-state index is -0.199. The normalized spacial score (nSPS) is 11.2. The highest BCUT2D eigenvalue weighted by Crippen LogP contribution is 2.37. The second-order valence-electron chi connectivity index (χ2n) is 7.74. The van der Waals surface area contributed by atoms with Crippen LogP contribution < -0.4 is 14.9 Å². The summed E-state index contributed by atoms with van der Waals surface area (Å²) < 4.78 is 13.3. The average molecular weight is 563 g/mol. The molecule has 1 aromatic heterocycles. The van der Waals surface area contributed by atoms with Gasteiger partial charge in [-0.15, -0.1) is 11.3 Å². The zero-order chi connectivity index (χ0) is 24.3. The van der Waals surface area contributed by atoms with E-state index in [1.165, 1.54) is 23.1 Å². The van der Waals surface area contributed by atoms with Gasteiger partial charge in [0.1, 0.15) is 0 Å². The van der Waals surface area contributed by atoms with E-state index in [0.29, 0.717) is 30.6 Å². The Bertz CT molecular complexity index is 1100. The Morgan fingerprint density at radius 3 is 2.79 bits per heavy atom. The fourth-order valence-electron chi connectivity index (χ4n) is 2.87. The molecule has 0 saturated carbocycles. The number of amides is 1. The van der Waals surface area contributed by atoms with Crippen LogP contribution in [0.3, 0.4) is 0 Å². The van der Waals surface area contributed by atoms with Gasteiger partial charge in [-0.1, -0.05) is 55.9 Å². The number of nitrogens with one attached hydrogen (secondary N) is 1. The van der Waals surface area contributed by atoms with Crippen molar-refractivity contribution in [1.29, 1.82) is 0 Å². The van der Waals surface area contributed by atoms with Crippen LogP contribution in [0.1, 0.15) is 32.8 Å². The SMILES string of the molecule is CCOc1cc(/C=N/NC(=O)CSc2nc(-c3ccccc3)cs2)cc(Br)c1OCCC(C)C. The second kappa shape index (κ2) is 13.5. The summed E-state index contributed by atoms with van der Waals surface area (Å²) in [6.45, 7) is 7.38. The molecule has 1 amide bonds. The molecule has 3 aromatic rings. The van der Waals surface area contributed by atoms with Gasteiger partial charge in [0.15, 0.2) is 15.8 Å². The molecule has 0 aliphatic heterocycles. The monoisotopic (exact) mass is 561 g/mol. The van der Waals surface area contributed by atoms with E-state index in [9.17, 15) is 4.79 Å². The second-order valence-corrected chi connectivity index (χ2v) is 10.7. The molecule has 1 heterocycles. The quantitative estimate of drug-likeness (QED) is 0.152. The zero-order valence-corrected chi connectivity index (χ0v) is 22.6. The molecular weight excluding hydrogens is 534 g/mol. The number of carbonyl (C=O) groups excluding carboxylic acids is 1. The number of thioether (sulfide) groups is 1. The van der Waals surface area contributed by atoms with Crippen molar-refractivity contribution in [3.05, 3.63) is 57.9 Å². The van der Waals surface area contributed by atoms with Gasteiger partial charge in [0, 0.05) is 10.9 Å². The van der Waals surface area contributed by atoms with Gasteiger partial charge >= 0.3 is 0 Å². The Morgan fingerprint density at radius 2 is 2.06 bits per heavy atom. The predicted octanol–water partition coefficient (Wildman–Crippen LogP) is 6.64. The maximum absolute atomic E-state index is 12.2. The summed E-state index contributed by atoms with van der Waals surface area (Å²) in [7, 11) is 0. The summed E-state index contributed by atoms with van der Waals surface area (Å²) in [6, 6.07) is 13.7. The number of carbonyl (C=O) groups is 1. The lowest BCUT2D eigenvalue weighted by Crippen LogP contribution is -2.19. The number of hydrogen-bond donors (Lipinski definition) is 1. The lowest BCUT2D eigenvalue weighted by Gasteiger charge is -2.15. The van der Waals surface area contributed by atoms with Gasteiger partial charge in [-0.25, -0.2) is 10.4 Å². The molecule has 0 saturated heterocycles. The van der Waals surface area contributed by atoms with Gasteiger partial charge < -0.3 is 9.47 Å². The van der Waals surface area contributed by atoms with Crippen LogP contribution in [0, 0.1) is 5.92 Å². The van der Waals surface area contributed by atoms with Gasteiger partial charge in [-0.05, 0) is 52.9 Å². The molecule has 0 aliphatic carbocycles. The van der Waals surface area contributed by atoms with E-state index in [2.05, 4.69) is 45.3 Å². The standard InChI is InChI=1S/C25H28BrN3O3S2/c1-4-31-22-13-18(12-20(26)24(22)32-11-10-17(2)3)14-27-29-23(30)16-34-25-28-21(15-33-25)19-8-6-5-7-9-19/h5-9,12-15,17H,4,10-11,16H2,1-3H3,(H,29,30)/b27-14+. The number of hydrogen-bond acceptors (Lipinski definition) is 7. The Balaban J connectivity index is 1.54. The first-order chi connectivity index (χ1) is 16.5. The van der Waals surface area contributed by atoms with Crippen molar-refractivity contribution in [3.63, 3.8) is 0 Å². The maximum atomic E-state index is 12.2. The maximum Gasteiger partial charge on any atom is 0.250 e. The van der Waals surface area contributed by atoms with Gasteiger partial charge in [-0.2, -0.15) is 5.10 Å². The zero-order valence-electron chi connectivity index (χ0n) is 19.4. The van der Waals surface area contributed by atoms with E-state index in [1.807, 2.05) is 54.8 Å². The molecule has 0 radical (unpaired) electrons. The number of halogens is 1. The van der Waals surface area contributed by atoms with Crippen molar-refractivity contribution < 1.29 is 14.3 Å². The van der Waals surface area contributed by atoms with Crippen molar-refractivity contribution in [1.82, 2.24) is 10.4 Å². The molecule has 9 heteroatoms. The average Bonchev–Trinajstić information content (AvgIpc) is 3.29. The number of ether oxygens (including phenoxy) is 2. The number of hydrazone groups is 1. The van der Waals surface area contributed by atoms with Gasteiger partial charge in [0.25, 0.3) is 5.91 Å². The summed E-state index contributed by atoms with van der Waals surface area (Å²) in [5.74, 6) is 1.91. The third kappa shape index (κ3) is 8.14. The van der Waals surface area contributed by atoms with Crippen LogP contribution in [0.4, 0.5) is 0 Å². The van der Waals surface area contributed by atoms with E-state index in [-0.39, 0.29) is 11.7 Å². The number of thiazole rings is 1. The highest BCUT2D eigenvalue weighted by Gasteiger charge is 2.12. The van der Waals surface area contributed by atoms with E-state index >= 15 is 0 Å². The third-order valence-corrected chi connectivity index (χ3v) is 7.17. The van der Waals surface area contributed by atoms with Crippen molar-refractivity contribution in [2.45, 2.75) is 31.5 Å².